The number of alkyl halides is 1. The number of aryl methyl sites for hydroxylation is 1. The van der Waals surface area contributed by atoms with E-state index in [1.54, 1.807) is 0 Å². The lowest BCUT2D eigenvalue weighted by Gasteiger charge is -2.25. The maximum Gasteiger partial charge on any atom is 0.0440 e. The number of halogens is 2. The van der Waals surface area contributed by atoms with Gasteiger partial charge in [0.1, 0.15) is 0 Å². The lowest BCUT2D eigenvalue weighted by atomic mass is 9.84. The molecule has 0 bridgehead atoms. The van der Waals surface area contributed by atoms with Gasteiger partial charge in [-0.3, -0.25) is 0 Å². The summed E-state index contributed by atoms with van der Waals surface area (Å²) in [7, 11) is 0. The summed E-state index contributed by atoms with van der Waals surface area (Å²) in [5, 5.41) is 1.29. The Hall–Kier alpha value is -0.200. The van der Waals surface area contributed by atoms with Crippen LogP contribution in [0.25, 0.3) is 0 Å². The molecule has 0 N–H and O–H groups in total. The molecule has 1 aromatic rings. The van der Waals surface area contributed by atoms with Crippen molar-refractivity contribution < 1.29 is 0 Å². The zero-order valence-electron chi connectivity index (χ0n) is 9.68. The van der Waals surface area contributed by atoms with Gasteiger partial charge in [-0.15, -0.1) is 11.6 Å². The minimum Gasteiger partial charge on any atom is -0.123 e. The molecule has 0 amide bonds. The second-order valence-electron chi connectivity index (χ2n) is 4.93. The van der Waals surface area contributed by atoms with Crippen molar-refractivity contribution >= 4 is 23.2 Å². The van der Waals surface area contributed by atoms with E-state index in [9.17, 15) is 0 Å². The molecule has 1 fully saturated rings. The van der Waals surface area contributed by atoms with Crippen LogP contribution in [-0.4, -0.2) is 5.38 Å². The van der Waals surface area contributed by atoms with Crippen molar-refractivity contribution in [3.8, 4) is 0 Å². The third-order valence-corrected chi connectivity index (χ3v) is 4.18. The van der Waals surface area contributed by atoms with Crippen LogP contribution in [0.15, 0.2) is 18.2 Å². The van der Waals surface area contributed by atoms with Crippen LogP contribution in [0.4, 0.5) is 0 Å². The first-order valence-corrected chi connectivity index (χ1v) is 6.85. The molecule has 2 atom stereocenters. The van der Waals surface area contributed by atoms with Gasteiger partial charge in [-0.1, -0.05) is 36.6 Å². The normalized spacial score (nSPS) is 25.7. The molecule has 0 aromatic heterocycles. The Labute approximate surface area is 108 Å². The van der Waals surface area contributed by atoms with Gasteiger partial charge in [0.25, 0.3) is 0 Å². The first kappa shape index (κ1) is 12.3. The van der Waals surface area contributed by atoms with Crippen molar-refractivity contribution in [3.05, 3.63) is 34.3 Å². The molecule has 1 aromatic carbocycles. The lowest BCUT2D eigenvalue weighted by molar-refractivity contribution is 0.361. The summed E-state index contributed by atoms with van der Waals surface area (Å²) in [5.74, 6) is 0.719. The van der Waals surface area contributed by atoms with E-state index in [2.05, 4.69) is 25.1 Å². The fourth-order valence-corrected chi connectivity index (χ4v) is 3.26. The predicted molar refractivity (Wildman–Crippen MR) is 71.5 cm³/mol. The number of rotatable bonds is 2. The summed E-state index contributed by atoms with van der Waals surface area (Å²) in [6.07, 6.45) is 5.98. The average Bonchev–Trinajstić information content (AvgIpc) is 2.22. The monoisotopic (exact) mass is 256 g/mol. The number of hydrogen-bond donors (Lipinski definition) is 0. The van der Waals surface area contributed by atoms with E-state index in [0.717, 1.165) is 23.8 Å². The van der Waals surface area contributed by atoms with Gasteiger partial charge in [0.05, 0.1) is 0 Å². The van der Waals surface area contributed by atoms with Gasteiger partial charge in [0.2, 0.25) is 0 Å². The van der Waals surface area contributed by atoms with Crippen molar-refractivity contribution in [1.29, 1.82) is 0 Å². The molecule has 1 saturated carbocycles. The Morgan fingerprint density at radius 1 is 1.31 bits per heavy atom. The van der Waals surface area contributed by atoms with E-state index in [1.807, 2.05) is 0 Å². The second-order valence-corrected chi connectivity index (χ2v) is 5.95. The Morgan fingerprint density at radius 2 is 2.12 bits per heavy atom. The van der Waals surface area contributed by atoms with Crippen LogP contribution in [0.2, 0.25) is 5.02 Å². The van der Waals surface area contributed by atoms with Crippen LogP contribution in [0.5, 0.6) is 0 Å². The first-order valence-electron chi connectivity index (χ1n) is 6.04. The maximum atomic E-state index is 6.25. The van der Waals surface area contributed by atoms with Gasteiger partial charge in [-0.2, -0.15) is 0 Å². The number of benzene rings is 1. The van der Waals surface area contributed by atoms with Crippen LogP contribution < -0.4 is 0 Å². The highest BCUT2D eigenvalue weighted by atomic mass is 35.5. The molecule has 16 heavy (non-hydrogen) atoms. The Morgan fingerprint density at radius 3 is 2.81 bits per heavy atom. The number of hydrogen-bond acceptors (Lipinski definition) is 0. The largest absolute Gasteiger partial charge is 0.123 e. The van der Waals surface area contributed by atoms with Gasteiger partial charge in [-0.05, 0) is 49.3 Å². The first-order chi connectivity index (χ1) is 7.65. The highest BCUT2D eigenvalue weighted by molar-refractivity contribution is 6.31. The van der Waals surface area contributed by atoms with Crippen LogP contribution in [0, 0.1) is 12.8 Å². The third kappa shape index (κ3) is 3.15. The second kappa shape index (κ2) is 5.42. The molecule has 0 nitrogen and oxygen atoms in total. The molecule has 0 aliphatic heterocycles. The molecule has 88 valence electrons. The van der Waals surface area contributed by atoms with E-state index in [-0.39, 0.29) is 0 Å². The molecule has 0 heterocycles. The molecule has 1 aliphatic carbocycles. The minimum atomic E-state index is 0.378. The topological polar surface area (TPSA) is 0 Å². The van der Waals surface area contributed by atoms with Crippen molar-refractivity contribution in [2.24, 2.45) is 5.92 Å². The zero-order chi connectivity index (χ0) is 11.5. The smallest absolute Gasteiger partial charge is 0.0440 e. The van der Waals surface area contributed by atoms with Gasteiger partial charge in [0, 0.05) is 10.4 Å². The summed E-state index contributed by atoms with van der Waals surface area (Å²) in [6.45, 7) is 2.07. The third-order valence-electron chi connectivity index (χ3n) is 3.44. The molecule has 0 saturated heterocycles. The maximum absolute atomic E-state index is 6.25. The Kier molecular flexibility index (Phi) is 4.16. The van der Waals surface area contributed by atoms with E-state index in [1.165, 1.54) is 30.4 Å². The van der Waals surface area contributed by atoms with Crippen LogP contribution in [-0.2, 0) is 6.42 Å². The summed E-state index contributed by atoms with van der Waals surface area (Å²) >= 11 is 12.5. The highest BCUT2D eigenvalue weighted by Gasteiger charge is 2.21. The standard InChI is InChI=1S/C14H18Cl2/c1-10-5-6-12(14(16)7-10)8-11-3-2-4-13(15)9-11/h5-7,11,13H,2-4,8-9H2,1H3. The molecular formula is C14H18Cl2. The van der Waals surface area contributed by atoms with Crippen molar-refractivity contribution in [3.63, 3.8) is 0 Å². The van der Waals surface area contributed by atoms with Gasteiger partial charge in [-0.25, -0.2) is 0 Å². The molecular weight excluding hydrogens is 239 g/mol. The zero-order valence-corrected chi connectivity index (χ0v) is 11.2. The summed E-state index contributed by atoms with van der Waals surface area (Å²) in [6, 6.07) is 6.36. The van der Waals surface area contributed by atoms with Gasteiger partial charge >= 0.3 is 0 Å². The van der Waals surface area contributed by atoms with E-state index in [4.69, 9.17) is 23.2 Å². The predicted octanol–water partition coefficient (Wildman–Crippen LogP) is 4.99. The Bertz CT molecular complexity index is 360. The quantitative estimate of drug-likeness (QED) is 0.655. The fraction of sp³-hybridized carbons (Fsp3) is 0.571. The van der Waals surface area contributed by atoms with Crippen LogP contribution in [0.1, 0.15) is 36.8 Å². The SMILES string of the molecule is Cc1ccc(CC2CCCC(Cl)C2)c(Cl)c1. The van der Waals surface area contributed by atoms with E-state index >= 15 is 0 Å². The summed E-state index contributed by atoms with van der Waals surface area (Å²) in [5.41, 5.74) is 2.51. The van der Waals surface area contributed by atoms with Gasteiger partial charge in [0.15, 0.2) is 0 Å². The van der Waals surface area contributed by atoms with Gasteiger partial charge < -0.3 is 0 Å². The molecule has 1 aliphatic rings. The molecule has 2 rings (SSSR count). The van der Waals surface area contributed by atoms with Crippen molar-refractivity contribution in [2.75, 3.05) is 0 Å². The Balaban J connectivity index is 2.02. The summed E-state index contributed by atoms with van der Waals surface area (Å²) in [4.78, 5) is 0. The van der Waals surface area contributed by atoms with E-state index in [0.29, 0.717) is 5.38 Å². The lowest BCUT2D eigenvalue weighted by Crippen LogP contribution is -2.17. The van der Waals surface area contributed by atoms with E-state index < -0.39 is 0 Å². The van der Waals surface area contributed by atoms with Crippen LogP contribution >= 0.6 is 23.2 Å². The van der Waals surface area contributed by atoms with Crippen molar-refractivity contribution in [1.82, 2.24) is 0 Å². The molecule has 2 unspecified atom stereocenters. The molecule has 0 spiro atoms. The average molecular weight is 257 g/mol. The summed E-state index contributed by atoms with van der Waals surface area (Å²) < 4.78 is 0. The fourth-order valence-electron chi connectivity index (χ4n) is 2.54. The molecule has 0 radical (unpaired) electrons. The van der Waals surface area contributed by atoms with Crippen molar-refractivity contribution in [2.45, 2.75) is 44.4 Å². The van der Waals surface area contributed by atoms with Crippen LogP contribution in [0.3, 0.4) is 0 Å². The highest BCUT2D eigenvalue weighted by Crippen LogP contribution is 2.32. The minimum absolute atomic E-state index is 0.378. The molecule has 2 heteroatoms.